The lowest BCUT2D eigenvalue weighted by Crippen LogP contribution is -2.51. The van der Waals surface area contributed by atoms with Crippen molar-refractivity contribution in [1.82, 2.24) is 10.2 Å². The molecule has 3 rings (SSSR count). The Bertz CT molecular complexity index is 1130. The van der Waals surface area contributed by atoms with Crippen molar-refractivity contribution in [2.24, 2.45) is 0 Å². The molecule has 0 aliphatic heterocycles. The highest BCUT2D eigenvalue weighted by molar-refractivity contribution is 6.35. The maximum Gasteiger partial charge on any atom is 0.261 e. The summed E-state index contributed by atoms with van der Waals surface area (Å²) in [6, 6.07) is 20.8. The topological polar surface area (TPSA) is 58.6 Å². The SMILES string of the molecule is CCNC(=O)[C@@H](Cc1ccccc1)N(Cc1cccc(Cl)c1)C(=O)COc1ccc(Cl)cc1Cl. The second-order valence-electron chi connectivity index (χ2n) is 7.62. The molecule has 0 saturated carbocycles. The molecule has 1 atom stereocenters. The first kappa shape index (κ1) is 25.9. The molecule has 0 saturated heterocycles. The molecule has 8 heteroatoms. The first-order chi connectivity index (χ1) is 16.4. The van der Waals surface area contributed by atoms with Crippen LogP contribution < -0.4 is 10.1 Å². The van der Waals surface area contributed by atoms with Crippen LogP contribution in [0.1, 0.15) is 18.1 Å². The quantitative estimate of drug-likeness (QED) is 0.368. The number of amides is 2. The second-order valence-corrected chi connectivity index (χ2v) is 8.90. The monoisotopic (exact) mass is 518 g/mol. The highest BCUT2D eigenvalue weighted by Gasteiger charge is 2.30. The third-order valence-electron chi connectivity index (χ3n) is 5.11. The molecular formula is C26H25Cl3N2O3. The molecule has 2 amide bonds. The summed E-state index contributed by atoms with van der Waals surface area (Å²) >= 11 is 18.3. The number of carbonyl (C=O) groups is 2. The molecule has 0 spiro atoms. The molecule has 0 aromatic heterocycles. The average Bonchev–Trinajstić information content (AvgIpc) is 2.81. The number of nitrogens with one attached hydrogen (secondary N) is 1. The summed E-state index contributed by atoms with van der Waals surface area (Å²) in [6.45, 7) is 2.17. The maximum atomic E-state index is 13.4. The summed E-state index contributed by atoms with van der Waals surface area (Å²) in [5.41, 5.74) is 1.73. The van der Waals surface area contributed by atoms with Gasteiger partial charge >= 0.3 is 0 Å². The lowest BCUT2D eigenvalue weighted by Gasteiger charge is -2.31. The number of halogens is 3. The van der Waals surface area contributed by atoms with Gasteiger partial charge in [0.15, 0.2) is 6.61 Å². The van der Waals surface area contributed by atoms with E-state index in [2.05, 4.69) is 5.32 Å². The van der Waals surface area contributed by atoms with Crippen LogP contribution in [-0.2, 0) is 22.6 Å². The van der Waals surface area contributed by atoms with Gasteiger partial charge in [-0.25, -0.2) is 0 Å². The Balaban J connectivity index is 1.90. The minimum absolute atomic E-state index is 0.186. The van der Waals surface area contributed by atoms with Gasteiger partial charge < -0.3 is 15.0 Å². The molecule has 3 aromatic carbocycles. The van der Waals surface area contributed by atoms with Gasteiger partial charge in [-0.15, -0.1) is 0 Å². The van der Waals surface area contributed by atoms with Crippen LogP contribution in [0.2, 0.25) is 15.1 Å². The van der Waals surface area contributed by atoms with E-state index in [0.29, 0.717) is 33.8 Å². The fourth-order valence-corrected chi connectivity index (χ4v) is 4.17. The summed E-state index contributed by atoms with van der Waals surface area (Å²) in [4.78, 5) is 28.1. The molecule has 0 aliphatic rings. The number of benzene rings is 3. The van der Waals surface area contributed by atoms with Crippen molar-refractivity contribution in [2.45, 2.75) is 25.9 Å². The molecular weight excluding hydrogens is 495 g/mol. The first-order valence-electron chi connectivity index (χ1n) is 10.8. The zero-order valence-electron chi connectivity index (χ0n) is 18.6. The van der Waals surface area contributed by atoms with Crippen molar-refractivity contribution in [3.8, 4) is 5.75 Å². The Morgan fingerprint density at radius 3 is 2.29 bits per heavy atom. The molecule has 0 unspecified atom stereocenters. The fourth-order valence-electron chi connectivity index (χ4n) is 3.49. The van der Waals surface area contributed by atoms with Crippen LogP contribution >= 0.6 is 34.8 Å². The number of hydrogen-bond donors (Lipinski definition) is 1. The Labute approximate surface area is 214 Å². The average molecular weight is 520 g/mol. The summed E-state index contributed by atoms with van der Waals surface area (Å²) in [7, 11) is 0. The van der Waals surface area contributed by atoms with E-state index in [-0.39, 0.29) is 25.0 Å². The third kappa shape index (κ3) is 7.39. The van der Waals surface area contributed by atoms with Crippen LogP contribution in [0.15, 0.2) is 72.8 Å². The number of hydrogen-bond acceptors (Lipinski definition) is 3. The first-order valence-corrected chi connectivity index (χ1v) is 11.9. The predicted molar refractivity (Wildman–Crippen MR) is 137 cm³/mol. The third-order valence-corrected chi connectivity index (χ3v) is 5.87. The standard InChI is InChI=1S/C26H25Cl3N2O3/c1-2-30-26(33)23(14-18-7-4-3-5-8-18)31(16-19-9-6-10-20(27)13-19)25(32)17-34-24-12-11-21(28)15-22(24)29/h3-13,15,23H,2,14,16-17H2,1H3,(H,30,33)/t23-/m1/s1. The van der Waals surface area contributed by atoms with E-state index < -0.39 is 6.04 Å². The zero-order valence-corrected chi connectivity index (χ0v) is 20.9. The molecule has 3 aromatic rings. The van der Waals surface area contributed by atoms with Crippen LogP contribution in [0, 0.1) is 0 Å². The summed E-state index contributed by atoms with van der Waals surface area (Å²) in [5, 5.41) is 4.16. The molecule has 5 nitrogen and oxygen atoms in total. The second kappa shape index (κ2) is 12.7. The van der Waals surface area contributed by atoms with Crippen molar-refractivity contribution in [1.29, 1.82) is 0 Å². The highest BCUT2D eigenvalue weighted by Crippen LogP contribution is 2.27. The number of likely N-dealkylation sites (N-methyl/N-ethyl adjacent to an activating group) is 1. The van der Waals surface area contributed by atoms with Crippen molar-refractivity contribution < 1.29 is 14.3 Å². The van der Waals surface area contributed by atoms with Gasteiger partial charge in [0.1, 0.15) is 11.8 Å². The molecule has 0 heterocycles. The molecule has 1 N–H and O–H groups in total. The zero-order chi connectivity index (χ0) is 24.5. The van der Waals surface area contributed by atoms with Gasteiger partial charge in [-0.05, 0) is 48.4 Å². The summed E-state index contributed by atoms with van der Waals surface area (Å²) in [6.07, 6.45) is 0.348. The maximum absolute atomic E-state index is 13.4. The molecule has 0 fully saturated rings. The van der Waals surface area contributed by atoms with Crippen LogP contribution in [0.4, 0.5) is 0 Å². The Hall–Kier alpha value is -2.73. The van der Waals surface area contributed by atoms with Gasteiger partial charge in [0.2, 0.25) is 5.91 Å². The molecule has 0 radical (unpaired) electrons. The van der Waals surface area contributed by atoms with Crippen molar-refractivity contribution in [2.75, 3.05) is 13.2 Å². The molecule has 0 aliphatic carbocycles. The van der Waals surface area contributed by atoms with Crippen LogP contribution in [0.3, 0.4) is 0 Å². The highest BCUT2D eigenvalue weighted by atomic mass is 35.5. The van der Waals surface area contributed by atoms with Gasteiger partial charge in [0, 0.05) is 29.6 Å². The minimum atomic E-state index is -0.752. The lowest BCUT2D eigenvalue weighted by molar-refractivity contribution is -0.142. The Kier molecular flexibility index (Phi) is 9.63. The van der Waals surface area contributed by atoms with E-state index in [1.165, 1.54) is 4.90 Å². The van der Waals surface area contributed by atoms with Gasteiger partial charge in [-0.3, -0.25) is 9.59 Å². The van der Waals surface area contributed by atoms with E-state index in [1.807, 2.05) is 49.4 Å². The molecule has 34 heavy (non-hydrogen) atoms. The number of ether oxygens (including phenoxy) is 1. The summed E-state index contributed by atoms with van der Waals surface area (Å²) < 4.78 is 5.70. The van der Waals surface area contributed by atoms with Crippen molar-refractivity contribution in [3.63, 3.8) is 0 Å². The largest absolute Gasteiger partial charge is 0.482 e. The van der Waals surface area contributed by atoms with Crippen LogP contribution in [0.25, 0.3) is 0 Å². The van der Waals surface area contributed by atoms with Gasteiger partial charge in [0.05, 0.1) is 5.02 Å². The van der Waals surface area contributed by atoms with Crippen LogP contribution in [-0.4, -0.2) is 35.9 Å². The normalized spacial score (nSPS) is 11.5. The van der Waals surface area contributed by atoms with E-state index in [0.717, 1.165) is 11.1 Å². The molecule has 178 valence electrons. The Morgan fingerprint density at radius 2 is 1.62 bits per heavy atom. The number of nitrogens with zero attached hydrogens (tertiary/aromatic N) is 1. The van der Waals surface area contributed by atoms with E-state index in [1.54, 1.807) is 30.3 Å². The Morgan fingerprint density at radius 1 is 0.912 bits per heavy atom. The van der Waals surface area contributed by atoms with E-state index >= 15 is 0 Å². The predicted octanol–water partition coefficient (Wildman–Crippen LogP) is 5.80. The molecule has 0 bridgehead atoms. The smallest absolute Gasteiger partial charge is 0.261 e. The number of rotatable bonds is 10. The van der Waals surface area contributed by atoms with Crippen molar-refractivity contribution in [3.05, 3.63) is 99.0 Å². The minimum Gasteiger partial charge on any atom is -0.482 e. The van der Waals surface area contributed by atoms with Gasteiger partial charge in [-0.2, -0.15) is 0 Å². The van der Waals surface area contributed by atoms with Gasteiger partial charge in [-0.1, -0.05) is 77.3 Å². The summed E-state index contributed by atoms with van der Waals surface area (Å²) in [5.74, 6) is -0.274. The lowest BCUT2D eigenvalue weighted by atomic mass is 10.0. The van der Waals surface area contributed by atoms with E-state index in [9.17, 15) is 9.59 Å². The van der Waals surface area contributed by atoms with Crippen molar-refractivity contribution >= 4 is 46.6 Å². The fraction of sp³-hybridized carbons (Fsp3) is 0.231. The van der Waals surface area contributed by atoms with Crippen LogP contribution in [0.5, 0.6) is 5.75 Å². The van der Waals surface area contributed by atoms with E-state index in [4.69, 9.17) is 39.5 Å². The number of carbonyl (C=O) groups excluding carboxylic acids is 2. The van der Waals surface area contributed by atoms with Gasteiger partial charge in [0.25, 0.3) is 5.91 Å².